The molecule has 2 amide bonds. The SMILES string of the molecule is COc1ccc(NC(=O)C(C)Sc2nnc(CCC(=O)Nc3ccc(C)cc3)n2C)cc1. The largest absolute Gasteiger partial charge is 0.497 e. The van der Waals surface area contributed by atoms with Gasteiger partial charge in [0.05, 0.1) is 12.4 Å². The molecule has 168 valence electrons. The Labute approximate surface area is 191 Å². The Kier molecular flexibility index (Phi) is 7.88. The van der Waals surface area contributed by atoms with Crippen LogP contribution in [0.3, 0.4) is 0 Å². The van der Waals surface area contributed by atoms with E-state index in [-0.39, 0.29) is 23.5 Å². The fourth-order valence-electron chi connectivity index (χ4n) is 2.88. The molecule has 0 aliphatic rings. The number of nitrogens with one attached hydrogen (secondary N) is 2. The summed E-state index contributed by atoms with van der Waals surface area (Å²) in [6.45, 7) is 3.81. The second-order valence-corrected chi connectivity index (χ2v) is 8.66. The van der Waals surface area contributed by atoms with Gasteiger partial charge in [0.25, 0.3) is 0 Å². The van der Waals surface area contributed by atoms with Gasteiger partial charge < -0.3 is 19.9 Å². The Morgan fingerprint density at radius 2 is 1.66 bits per heavy atom. The van der Waals surface area contributed by atoms with E-state index < -0.39 is 0 Å². The molecule has 1 atom stereocenters. The number of benzene rings is 2. The maximum Gasteiger partial charge on any atom is 0.237 e. The lowest BCUT2D eigenvalue weighted by Crippen LogP contribution is -2.22. The van der Waals surface area contributed by atoms with Gasteiger partial charge in [-0.2, -0.15) is 0 Å². The summed E-state index contributed by atoms with van der Waals surface area (Å²) in [6, 6.07) is 14.8. The van der Waals surface area contributed by atoms with Crippen molar-refractivity contribution in [2.24, 2.45) is 7.05 Å². The Balaban J connectivity index is 1.51. The van der Waals surface area contributed by atoms with E-state index in [2.05, 4.69) is 20.8 Å². The van der Waals surface area contributed by atoms with Gasteiger partial charge in [0, 0.05) is 31.3 Å². The standard InChI is InChI=1S/C23H27N5O3S/c1-15-5-7-17(8-6-15)24-21(29)14-13-20-26-27-23(28(20)3)32-16(2)22(30)25-18-9-11-19(31-4)12-10-18/h5-12,16H,13-14H2,1-4H3,(H,24,29)(H,25,30). The number of thioether (sulfide) groups is 1. The van der Waals surface area contributed by atoms with Gasteiger partial charge in [-0.3, -0.25) is 9.59 Å². The van der Waals surface area contributed by atoms with Gasteiger partial charge in [-0.25, -0.2) is 0 Å². The Morgan fingerprint density at radius 1 is 1.03 bits per heavy atom. The predicted molar refractivity (Wildman–Crippen MR) is 126 cm³/mol. The monoisotopic (exact) mass is 453 g/mol. The van der Waals surface area contributed by atoms with Gasteiger partial charge in [0.2, 0.25) is 11.8 Å². The van der Waals surface area contributed by atoms with Crippen molar-refractivity contribution in [1.82, 2.24) is 14.8 Å². The zero-order valence-electron chi connectivity index (χ0n) is 18.6. The lowest BCUT2D eigenvalue weighted by atomic mass is 10.2. The second-order valence-electron chi connectivity index (χ2n) is 7.35. The highest BCUT2D eigenvalue weighted by molar-refractivity contribution is 8.00. The van der Waals surface area contributed by atoms with E-state index in [1.54, 1.807) is 31.4 Å². The topological polar surface area (TPSA) is 98.1 Å². The molecule has 0 radical (unpaired) electrons. The van der Waals surface area contributed by atoms with Crippen molar-refractivity contribution in [2.45, 2.75) is 37.1 Å². The molecule has 8 nitrogen and oxygen atoms in total. The molecule has 2 aromatic carbocycles. The third kappa shape index (κ3) is 6.34. The van der Waals surface area contributed by atoms with Crippen LogP contribution in [0.5, 0.6) is 5.75 Å². The number of hydrogen-bond donors (Lipinski definition) is 2. The molecule has 1 heterocycles. The van der Waals surface area contributed by atoms with Gasteiger partial charge in [0.1, 0.15) is 11.6 Å². The van der Waals surface area contributed by atoms with E-state index in [1.807, 2.05) is 49.7 Å². The summed E-state index contributed by atoms with van der Waals surface area (Å²) in [6.07, 6.45) is 0.742. The Morgan fingerprint density at radius 3 is 2.31 bits per heavy atom. The minimum atomic E-state index is -0.377. The Hall–Kier alpha value is -3.33. The van der Waals surface area contributed by atoms with Crippen LogP contribution in [0.2, 0.25) is 0 Å². The molecule has 0 bridgehead atoms. The minimum Gasteiger partial charge on any atom is -0.497 e. The number of nitrogens with zero attached hydrogens (tertiary/aromatic N) is 3. The third-order valence-electron chi connectivity index (χ3n) is 4.85. The van der Waals surface area contributed by atoms with Crippen LogP contribution in [0.4, 0.5) is 11.4 Å². The first-order valence-corrected chi connectivity index (χ1v) is 11.1. The molecule has 0 aliphatic carbocycles. The molecule has 0 saturated heterocycles. The first-order valence-electron chi connectivity index (χ1n) is 10.2. The van der Waals surface area contributed by atoms with Crippen LogP contribution in [0.15, 0.2) is 53.7 Å². The fourth-order valence-corrected chi connectivity index (χ4v) is 3.71. The Bertz CT molecular complexity index is 1060. The average Bonchev–Trinajstić information content (AvgIpc) is 3.13. The molecule has 9 heteroatoms. The molecule has 2 N–H and O–H groups in total. The van der Waals surface area contributed by atoms with Crippen LogP contribution in [0, 0.1) is 6.92 Å². The number of carbonyl (C=O) groups excluding carboxylic acids is 2. The van der Waals surface area contributed by atoms with Gasteiger partial charge in [0.15, 0.2) is 5.16 Å². The third-order valence-corrected chi connectivity index (χ3v) is 5.98. The van der Waals surface area contributed by atoms with E-state index in [0.717, 1.165) is 17.0 Å². The molecule has 0 spiro atoms. The van der Waals surface area contributed by atoms with Gasteiger partial charge in [-0.05, 0) is 50.2 Å². The quantitative estimate of drug-likeness (QED) is 0.478. The molecule has 1 unspecified atom stereocenters. The first-order chi connectivity index (χ1) is 15.4. The van der Waals surface area contributed by atoms with Crippen molar-refractivity contribution < 1.29 is 14.3 Å². The molecule has 32 heavy (non-hydrogen) atoms. The molecule has 0 saturated carbocycles. The summed E-state index contributed by atoms with van der Waals surface area (Å²) >= 11 is 1.32. The summed E-state index contributed by atoms with van der Waals surface area (Å²) in [7, 11) is 3.43. The van der Waals surface area contributed by atoms with Crippen LogP contribution < -0.4 is 15.4 Å². The number of aryl methyl sites for hydroxylation is 2. The van der Waals surface area contributed by atoms with Crippen LogP contribution in [-0.4, -0.2) is 38.9 Å². The highest BCUT2D eigenvalue weighted by Crippen LogP contribution is 2.23. The number of ether oxygens (including phenoxy) is 1. The molecular formula is C23H27N5O3S. The number of methoxy groups -OCH3 is 1. The molecule has 1 aromatic heterocycles. The van der Waals surface area contributed by atoms with Crippen LogP contribution in [-0.2, 0) is 23.1 Å². The number of rotatable bonds is 9. The first kappa shape index (κ1) is 23.3. The van der Waals surface area contributed by atoms with E-state index in [1.165, 1.54) is 11.8 Å². The van der Waals surface area contributed by atoms with Crippen LogP contribution in [0.25, 0.3) is 0 Å². The van der Waals surface area contributed by atoms with Crippen molar-refractivity contribution in [3.05, 3.63) is 59.9 Å². The normalized spacial score (nSPS) is 11.6. The number of hydrogen-bond acceptors (Lipinski definition) is 6. The van der Waals surface area contributed by atoms with E-state index >= 15 is 0 Å². The average molecular weight is 454 g/mol. The number of carbonyl (C=O) groups is 2. The summed E-state index contributed by atoms with van der Waals surface area (Å²) in [5.41, 5.74) is 2.60. The summed E-state index contributed by atoms with van der Waals surface area (Å²) in [5.74, 6) is 1.19. The number of aromatic nitrogens is 3. The maximum atomic E-state index is 12.5. The summed E-state index contributed by atoms with van der Waals surface area (Å²) in [5, 5.41) is 14.4. The lowest BCUT2D eigenvalue weighted by molar-refractivity contribution is -0.116. The van der Waals surface area contributed by atoms with Crippen molar-refractivity contribution in [2.75, 3.05) is 17.7 Å². The number of anilines is 2. The van der Waals surface area contributed by atoms with E-state index in [4.69, 9.17) is 4.74 Å². The summed E-state index contributed by atoms with van der Waals surface area (Å²) < 4.78 is 6.95. The number of amides is 2. The van der Waals surface area contributed by atoms with E-state index in [0.29, 0.717) is 23.1 Å². The van der Waals surface area contributed by atoms with Crippen molar-refractivity contribution in [3.8, 4) is 5.75 Å². The van der Waals surface area contributed by atoms with Crippen molar-refractivity contribution in [3.63, 3.8) is 0 Å². The van der Waals surface area contributed by atoms with Gasteiger partial charge in [-0.15, -0.1) is 10.2 Å². The van der Waals surface area contributed by atoms with Gasteiger partial charge in [-0.1, -0.05) is 29.5 Å². The van der Waals surface area contributed by atoms with Crippen LogP contribution in [0.1, 0.15) is 24.7 Å². The zero-order chi connectivity index (χ0) is 23.1. The summed E-state index contributed by atoms with van der Waals surface area (Å²) in [4.78, 5) is 24.8. The van der Waals surface area contributed by atoms with E-state index in [9.17, 15) is 9.59 Å². The highest BCUT2D eigenvalue weighted by atomic mass is 32.2. The van der Waals surface area contributed by atoms with Gasteiger partial charge >= 0.3 is 0 Å². The highest BCUT2D eigenvalue weighted by Gasteiger charge is 2.19. The fraction of sp³-hybridized carbons (Fsp3) is 0.304. The molecular weight excluding hydrogens is 426 g/mol. The lowest BCUT2D eigenvalue weighted by Gasteiger charge is -2.12. The molecule has 3 aromatic rings. The predicted octanol–water partition coefficient (Wildman–Crippen LogP) is 3.82. The molecule has 0 fully saturated rings. The smallest absolute Gasteiger partial charge is 0.237 e. The van der Waals surface area contributed by atoms with Crippen molar-refractivity contribution in [1.29, 1.82) is 0 Å². The van der Waals surface area contributed by atoms with Crippen molar-refractivity contribution >= 4 is 35.0 Å². The molecule has 0 aliphatic heterocycles. The van der Waals surface area contributed by atoms with Crippen LogP contribution >= 0.6 is 11.8 Å². The zero-order valence-corrected chi connectivity index (χ0v) is 19.4. The maximum absolute atomic E-state index is 12.5. The minimum absolute atomic E-state index is 0.0849. The second kappa shape index (κ2) is 10.8. The molecule has 3 rings (SSSR count).